The monoisotopic (exact) mass is 296 g/mol. The number of carbonyl (C=O) groups excluding carboxylic acids is 1. The van der Waals surface area contributed by atoms with E-state index in [1.165, 1.54) is 32.1 Å². The third-order valence-electron chi connectivity index (χ3n) is 5.37. The number of hydrogen-bond acceptors (Lipinski definition) is 3. The van der Waals surface area contributed by atoms with E-state index < -0.39 is 0 Å². The summed E-state index contributed by atoms with van der Waals surface area (Å²) in [5, 5.41) is 12.5. The van der Waals surface area contributed by atoms with Gasteiger partial charge in [-0.05, 0) is 38.6 Å². The van der Waals surface area contributed by atoms with Crippen molar-refractivity contribution in [1.29, 1.82) is 0 Å². The Hall–Kier alpha value is -0.610. The van der Waals surface area contributed by atoms with Crippen LogP contribution in [0.15, 0.2) is 0 Å². The van der Waals surface area contributed by atoms with Crippen LogP contribution >= 0.6 is 0 Å². The minimum Gasteiger partial charge on any atom is -0.395 e. The summed E-state index contributed by atoms with van der Waals surface area (Å²) in [5.41, 5.74) is -0.128. The molecular formula is C17H32N2O2. The van der Waals surface area contributed by atoms with Crippen LogP contribution in [0.1, 0.15) is 64.7 Å². The Morgan fingerprint density at radius 2 is 2.00 bits per heavy atom. The van der Waals surface area contributed by atoms with Gasteiger partial charge in [-0.15, -0.1) is 0 Å². The first kappa shape index (κ1) is 16.8. The maximum atomic E-state index is 12.3. The molecule has 21 heavy (non-hydrogen) atoms. The molecule has 1 aliphatic heterocycles. The zero-order valence-electron chi connectivity index (χ0n) is 13.6. The molecule has 1 aliphatic carbocycles. The highest BCUT2D eigenvalue weighted by molar-refractivity contribution is 5.82. The topological polar surface area (TPSA) is 52.6 Å². The summed E-state index contributed by atoms with van der Waals surface area (Å²) >= 11 is 0. The summed E-state index contributed by atoms with van der Waals surface area (Å²) in [4.78, 5) is 14.7. The van der Waals surface area contributed by atoms with Crippen LogP contribution in [0.25, 0.3) is 0 Å². The van der Waals surface area contributed by atoms with Gasteiger partial charge < -0.3 is 10.4 Å². The van der Waals surface area contributed by atoms with Gasteiger partial charge in [0, 0.05) is 24.5 Å². The van der Waals surface area contributed by atoms with Gasteiger partial charge in [-0.1, -0.05) is 32.6 Å². The Morgan fingerprint density at radius 1 is 1.24 bits per heavy atom. The van der Waals surface area contributed by atoms with E-state index in [-0.39, 0.29) is 17.9 Å². The molecule has 1 heterocycles. The molecule has 0 spiro atoms. The maximum Gasteiger partial charge on any atom is 0.225 e. The number of aliphatic hydroxyl groups excluding tert-OH is 1. The Kier molecular flexibility index (Phi) is 6.49. The molecule has 2 rings (SSSR count). The Morgan fingerprint density at radius 3 is 2.71 bits per heavy atom. The Labute approximate surface area is 129 Å². The van der Waals surface area contributed by atoms with E-state index in [0.29, 0.717) is 6.04 Å². The third-order valence-corrected chi connectivity index (χ3v) is 5.37. The Bertz CT molecular complexity index is 327. The van der Waals surface area contributed by atoms with Gasteiger partial charge in [0.15, 0.2) is 0 Å². The fourth-order valence-corrected chi connectivity index (χ4v) is 3.82. The van der Waals surface area contributed by atoms with E-state index >= 15 is 0 Å². The molecule has 4 heteroatoms. The van der Waals surface area contributed by atoms with Crippen molar-refractivity contribution in [2.24, 2.45) is 5.41 Å². The number of carbonyl (C=O) groups is 1. The molecule has 0 bridgehead atoms. The molecule has 1 atom stereocenters. The summed E-state index contributed by atoms with van der Waals surface area (Å²) in [6.07, 6.45) is 10.3. The van der Waals surface area contributed by atoms with Crippen LogP contribution in [0, 0.1) is 5.41 Å². The molecular weight excluding hydrogens is 264 g/mol. The van der Waals surface area contributed by atoms with Crippen molar-refractivity contribution in [3.63, 3.8) is 0 Å². The van der Waals surface area contributed by atoms with Gasteiger partial charge in [-0.2, -0.15) is 0 Å². The van der Waals surface area contributed by atoms with Crippen molar-refractivity contribution in [3.8, 4) is 0 Å². The van der Waals surface area contributed by atoms with Crippen molar-refractivity contribution in [3.05, 3.63) is 0 Å². The second kappa shape index (κ2) is 8.14. The van der Waals surface area contributed by atoms with E-state index in [1.807, 2.05) is 0 Å². The molecule has 0 aromatic rings. The van der Waals surface area contributed by atoms with Crippen LogP contribution in [0.2, 0.25) is 0 Å². The van der Waals surface area contributed by atoms with Gasteiger partial charge in [0.2, 0.25) is 5.91 Å². The number of piperidine rings is 1. The number of rotatable bonds is 6. The SMILES string of the molecule is CC1(C(=O)NCCCN2CCCCC2CO)CCCCC1. The third kappa shape index (κ3) is 4.68. The average Bonchev–Trinajstić information content (AvgIpc) is 2.52. The molecule has 1 saturated carbocycles. The lowest BCUT2D eigenvalue weighted by Gasteiger charge is -2.35. The van der Waals surface area contributed by atoms with Crippen molar-refractivity contribution < 1.29 is 9.90 Å². The molecule has 1 unspecified atom stereocenters. The maximum absolute atomic E-state index is 12.3. The van der Waals surface area contributed by atoms with Gasteiger partial charge in [0.1, 0.15) is 0 Å². The van der Waals surface area contributed by atoms with Gasteiger partial charge in [-0.25, -0.2) is 0 Å². The summed E-state index contributed by atoms with van der Waals surface area (Å²) in [6, 6.07) is 0.338. The number of amides is 1. The van der Waals surface area contributed by atoms with E-state index in [1.54, 1.807) is 0 Å². The largest absolute Gasteiger partial charge is 0.395 e. The van der Waals surface area contributed by atoms with Gasteiger partial charge in [0.05, 0.1) is 6.61 Å². The molecule has 0 aromatic carbocycles. The van der Waals surface area contributed by atoms with E-state index in [9.17, 15) is 9.90 Å². The van der Waals surface area contributed by atoms with E-state index in [4.69, 9.17) is 0 Å². The number of nitrogens with one attached hydrogen (secondary N) is 1. The molecule has 1 saturated heterocycles. The molecule has 0 radical (unpaired) electrons. The fraction of sp³-hybridized carbons (Fsp3) is 0.941. The van der Waals surface area contributed by atoms with Crippen LogP contribution in [0.4, 0.5) is 0 Å². The molecule has 0 aromatic heterocycles. The minimum atomic E-state index is -0.128. The molecule has 2 fully saturated rings. The van der Waals surface area contributed by atoms with Crippen LogP contribution < -0.4 is 5.32 Å². The minimum absolute atomic E-state index is 0.128. The van der Waals surface area contributed by atoms with Crippen LogP contribution in [0.3, 0.4) is 0 Å². The van der Waals surface area contributed by atoms with Crippen LogP contribution in [-0.4, -0.2) is 48.2 Å². The number of aliphatic hydroxyl groups is 1. The molecule has 2 N–H and O–H groups in total. The molecule has 1 amide bonds. The highest BCUT2D eigenvalue weighted by Gasteiger charge is 2.34. The average molecular weight is 296 g/mol. The summed E-state index contributed by atoms with van der Waals surface area (Å²) < 4.78 is 0. The fourth-order valence-electron chi connectivity index (χ4n) is 3.82. The summed E-state index contributed by atoms with van der Waals surface area (Å²) in [6.45, 7) is 5.24. The summed E-state index contributed by atoms with van der Waals surface area (Å²) in [5.74, 6) is 0.250. The van der Waals surface area contributed by atoms with E-state index in [2.05, 4.69) is 17.1 Å². The van der Waals surface area contributed by atoms with E-state index in [0.717, 1.165) is 45.3 Å². The predicted octanol–water partition coefficient (Wildman–Crippen LogP) is 2.31. The molecule has 2 aliphatic rings. The van der Waals surface area contributed by atoms with Gasteiger partial charge >= 0.3 is 0 Å². The smallest absolute Gasteiger partial charge is 0.225 e. The van der Waals surface area contributed by atoms with Crippen LogP contribution in [0.5, 0.6) is 0 Å². The van der Waals surface area contributed by atoms with Crippen molar-refractivity contribution >= 4 is 5.91 Å². The lowest BCUT2D eigenvalue weighted by atomic mass is 9.75. The highest BCUT2D eigenvalue weighted by Crippen LogP contribution is 2.35. The molecule has 4 nitrogen and oxygen atoms in total. The second-order valence-electron chi connectivity index (χ2n) is 7.10. The first-order valence-corrected chi connectivity index (χ1v) is 8.79. The lowest BCUT2D eigenvalue weighted by molar-refractivity contribution is -0.131. The number of hydrogen-bond donors (Lipinski definition) is 2. The quantitative estimate of drug-likeness (QED) is 0.740. The lowest BCUT2D eigenvalue weighted by Crippen LogP contribution is -2.44. The first-order chi connectivity index (χ1) is 10.2. The molecule has 122 valence electrons. The number of likely N-dealkylation sites (tertiary alicyclic amines) is 1. The van der Waals surface area contributed by atoms with Crippen molar-refractivity contribution in [2.45, 2.75) is 70.8 Å². The first-order valence-electron chi connectivity index (χ1n) is 8.79. The predicted molar refractivity (Wildman–Crippen MR) is 85.1 cm³/mol. The van der Waals surface area contributed by atoms with Gasteiger partial charge in [0.25, 0.3) is 0 Å². The zero-order chi connectivity index (χ0) is 15.1. The van der Waals surface area contributed by atoms with Crippen LogP contribution in [-0.2, 0) is 4.79 Å². The van der Waals surface area contributed by atoms with Crippen molar-refractivity contribution in [2.75, 3.05) is 26.2 Å². The van der Waals surface area contributed by atoms with Gasteiger partial charge in [-0.3, -0.25) is 9.69 Å². The Balaban J connectivity index is 1.65. The number of nitrogens with zero attached hydrogens (tertiary/aromatic N) is 1. The highest BCUT2D eigenvalue weighted by atomic mass is 16.3. The standard InChI is InChI=1S/C17H32N2O2/c1-17(9-4-2-5-10-17)16(21)18-11-7-13-19-12-6-3-8-15(19)14-20/h15,20H,2-14H2,1H3,(H,18,21). The van der Waals surface area contributed by atoms with Crippen molar-refractivity contribution in [1.82, 2.24) is 10.2 Å². The summed E-state index contributed by atoms with van der Waals surface area (Å²) in [7, 11) is 0. The zero-order valence-corrected chi connectivity index (χ0v) is 13.6. The second-order valence-corrected chi connectivity index (χ2v) is 7.10. The normalized spacial score (nSPS) is 26.5.